The molecule has 0 fully saturated rings. The Morgan fingerprint density at radius 3 is 2.47 bits per heavy atom. The monoisotopic (exact) mass is 423 g/mol. The number of rotatable bonds is 9. The Morgan fingerprint density at radius 1 is 1.00 bits per heavy atom. The number of aliphatic hydroxyl groups is 1. The molecule has 154 valence electrons. The van der Waals surface area contributed by atoms with Gasteiger partial charge in [0.15, 0.2) is 10.9 Å². The molecule has 1 N–H and O–H groups in total. The Kier molecular flexibility index (Phi) is 6.36. The van der Waals surface area contributed by atoms with Crippen LogP contribution in [0.2, 0.25) is 0 Å². The summed E-state index contributed by atoms with van der Waals surface area (Å²) in [5, 5.41) is 19.6. The SMILES string of the molecule is COc1ccc(OC[C@H](O)CSc2nnc(-c3ccco3)n2-c2ccccc2)cc1. The number of aliphatic hydroxyl groups excluding tert-OH is 1. The van der Waals surface area contributed by atoms with Crippen molar-refractivity contribution in [2.45, 2.75) is 11.3 Å². The molecule has 2 aromatic carbocycles. The van der Waals surface area contributed by atoms with E-state index in [1.807, 2.05) is 59.2 Å². The number of nitrogens with zero attached hydrogens (tertiary/aromatic N) is 3. The molecule has 4 aromatic rings. The Labute approximate surface area is 178 Å². The van der Waals surface area contributed by atoms with Gasteiger partial charge in [-0.15, -0.1) is 10.2 Å². The molecule has 30 heavy (non-hydrogen) atoms. The Bertz CT molecular complexity index is 1050. The van der Waals surface area contributed by atoms with Crippen LogP contribution in [0.3, 0.4) is 0 Å². The van der Waals surface area contributed by atoms with Crippen LogP contribution in [0.15, 0.2) is 82.6 Å². The minimum Gasteiger partial charge on any atom is -0.497 e. The molecule has 0 saturated heterocycles. The average Bonchev–Trinajstić information content (AvgIpc) is 3.47. The third-order valence-corrected chi connectivity index (χ3v) is 5.37. The maximum atomic E-state index is 10.4. The van der Waals surface area contributed by atoms with E-state index in [4.69, 9.17) is 13.9 Å². The molecule has 0 amide bonds. The Morgan fingerprint density at radius 2 is 1.77 bits per heavy atom. The summed E-state index contributed by atoms with van der Waals surface area (Å²) in [6.45, 7) is 0.170. The highest BCUT2D eigenvalue weighted by Gasteiger charge is 2.19. The molecule has 1 atom stereocenters. The minimum atomic E-state index is -0.676. The predicted octanol–water partition coefficient (Wildman–Crippen LogP) is 4.07. The zero-order valence-corrected chi connectivity index (χ0v) is 17.2. The summed E-state index contributed by atoms with van der Waals surface area (Å²) >= 11 is 1.41. The summed E-state index contributed by atoms with van der Waals surface area (Å²) in [7, 11) is 1.61. The van der Waals surface area contributed by atoms with Crippen molar-refractivity contribution in [2.24, 2.45) is 0 Å². The van der Waals surface area contributed by atoms with E-state index < -0.39 is 6.10 Å². The van der Waals surface area contributed by atoms with Crippen LogP contribution in [-0.4, -0.2) is 45.4 Å². The topological polar surface area (TPSA) is 82.5 Å². The molecular weight excluding hydrogens is 402 g/mol. The van der Waals surface area contributed by atoms with Gasteiger partial charge >= 0.3 is 0 Å². The largest absolute Gasteiger partial charge is 0.497 e. The molecule has 0 unspecified atom stereocenters. The van der Waals surface area contributed by atoms with E-state index in [-0.39, 0.29) is 6.61 Å². The number of aromatic nitrogens is 3. The van der Waals surface area contributed by atoms with Gasteiger partial charge in [0.25, 0.3) is 0 Å². The van der Waals surface area contributed by atoms with Crippen molar-refractivity contribution < 1.29 is 19.0 Å². The molecule has 2 heterocycles. The third-order valence-electron chi connectivity index (χ3n) is 4.30. The second-order valence-electron chi connectivity index (χ2n) is 6.41. The van der Waals surface area contributed by atoms with Crippen molar-refractivity contribution in [1.82, 2.24) is 14.8 Å². The van der Waals surface area contributed by atoms with E-state index in [9.17, 15) is 5.11 Å². The van der Waals surface area contributed by atoms with Crippen LogP contribution in [0.5, 0.6) is 11.5 Å². The first-order chi connectivity index (χ1) is 14.7. The summed E-state index contributed by atoms with van der Waals surface area (Å²) in [4.78, 5) is 0. The molecule has 0 radical (unpaired) electrons. The van der Waals surface area contributed by atoms with Gasteiger partial charge in [0.2, 0.25) is 5.82 Å². The first-order valence-corrected chi connectivity index (χ1v) is 10.4. The van der Waals surface area contributed by atoms with Gasteiger partial charge in [0.05, 0.1) is 19.5 Å². The van der Waals surface area contributed by atoms with Crippen LogP contribution < -0.4 is 9.47 Å². The minimum absolute atomic E-state index is 0.170. The summed E-state index contributed by atoms with van der Waals surface area (Å²) in [6.07, 6.45) is 0.928. The van der Waals surface area contributed by atoms with Crippen LogP contribution in [0, 0.1) is 0 Å². The van der Waals surface area contributed by atoms with E-state index in [0.29, 0.717) is 28.2 Å². The maximum Gasteiger partial charge on any atom is 0.205 e. The van der Waals surface area contributed by atoms with Crippen molar-refractivity contribution >= 4 is 11.8 Å². The van der Waals surface area contributed by atoms with Crippen LogP contribution in [0.25, 0.3) is 17.3 Å². The van der Waals surface area contributed by atoms with E-state index in [2.05, 4.69) is 10.2 Å². The van der Waals surface area contributed by atoms with Crippen molar-refractivity contribution in [2.75, 3.05) is 19.5 Å². The number of methoxy groups -OCH3 is 1. The third kappa shape index (κ3) is 4.67. The molecule has 0 saturated carbocycles. The van der Waals surface area contributed by atoms with Gasteiger partial charge < -0.3 is 19.0 Å². The average molecular weight is 423 g/mol. The zero-order valence-electron chi connectivity index (χ0n) is 16.3. The van der Waals surface area contributed by atoms with Gasteiger partial charge in [-0.3, -0.25) is 4.57 Å². The Hall–Kier alpha value is -3.23. The number of thioether (sulfide) groups is 1. The maximum absolute atomic E-state index is 10.4. The summed E-state index contributed by atoms with van der Waals surface area (Å²) < 4.78 is 18.2. The standard InChI is InChI=1S/C22H21N3O4S/c1-27-18-9-11-19(12-10-18)29-14-17(26)15-30-22-24-23-21(20-8-5-13-28-20)25(22)16-6-3-2-4-7-16/h2-13,17,26H,14-15H2,1H3/t17-/m0/s1. The summed E-state index contributed by atoms with van der Waals surface area (Å²) in [5.41, 5.74) is 0.917. The highest BCUT2D eigenvalue weighted by atomic mass is 32.2. The number of furan rings is 1. The van der Waals surface area contributed by atoms with Gasteiger partial charge in [0.1, 0.15) is 18.1 Å². The van der Waals surface area contributed by atoms with Gasteiger partial charge in [-0.05, 0) is 48.5 Å². The second-order valence-corrected chi connectivity index (χ2v) is 7.39. The lowest BCUT2D eigenvalue weighted by Gasteiger charge is -2.13. The van der Waals surface area contributed by atoms with Crippen molar-refractivity contribution in [1.29, 1.82) is 0 Å². The van der Waals surface area contributed by atoms with Crippen LogP contribution >= 0.6 is 11.8 Å². The fourth-order valence-corrected chi connectivity index (χ4v) is 3.68. The fraction of sp³-hybridized carbons (Fsp3) is 0.182. The first kappa shape index (κ1) is 20.1. The zero-order chi connectivity index (χ0) is 20.8. The van der Waals surface area contributed by atoms with Crippen molar-refractivity contribution in [3.8, 4) is 28.8 Å². The molecule has 0 spiro atoms. The van der Waals surface area contributed by atoms with Crippen LogP contribution in [-0.2, 0) is 0 Å². The number of benzene rings is 2. The lowest BCUT2D eigenvalue weighted by atomic mass is 10.3. The lowest BCUT2D eigenvalue weighted by molar-refractivity contribution is 0.126. The molecule has 0 aliphatic heterocycles. The predicted molar refractivity (Wildman–Crippen MR) is 114 cm³/mol. The van der Waals surface area contributed by atoms with E-state index >= 15 is 0 Å². The number of ether oxygens (including phenoxy) is 2. The number of para-hydroxylation sites is 1. The summed E-state index contributed by atoms with van der Waals surface area (Å²) in [5.74, 6) is 3.07. The van der Waals surface area contributed by atoms with Crippen molar-refractivity contribution in [3.63, 3.8) is 0 Å². The number of hydrogen-bond acceptors (Lipinski definition) is 7. The highest BCUT2D eigenvalue weighted by molar-refractivity contribution is 7.99. The summed E-state index contributed by atoms with van der Waals surface area (Å²) in [6, 6.07) is 20.7. The van der Waals surface area contributed by atoms with Crippen LogP contribution in [0.4, 0.5) is 0 Å². The smallest absolute Gasteiger partial charge is 0.205 e. The molecule has 4 rings (SSSR count). The number of hydrogen-bond donors (Lipinski definition) is 1. The quantitative estimate of drug-likeness (QED) is 0.406. The van der Waals surface area contributed by atoms with Gasteiger partial charge in [-0.1, -0.05) is 30.0 Å². The fourth-order valence-electron chi connectivity index (χ4n) is 2.82. The van der Waals surface area contributed by atoms with E-state index in [1.165, 1.54) is 11.8 Å². The molecule has 0 aliphatic rings. The highest BCUT2D eigenvalue weighted by Crippen LogP contribution is 2.28. The molecule has 7 nitrogen and oxygen atoms in total. The second kappa shape index (κ2) is 9.51. The van der Waals surface area contributed by atoms with Gasteiger partial charge in [-0.2, -0.15) is 0 Å². The molecule has 0 bridgehead atoms. The van der Waals surface area contributed by atoms with Gasteiger partial charge in [-0.25, -0.2) is 0 Å². The first-order valence-electron chi connectivity index (χ1n) is 9.37. The van der Waals surface area contributed by atoms with E-state index in [0.717, 1.165) is 11.4 Å². The molecule has 8 heteroatoms. The van der Waals surface area contributed by atoms with Crippen LogP contribution in [0.1, 0.15) is 0 Å². The van der Waals surface area contributed by atoms with E-state index in [1.54, 1.807) is 25.5 Å². The lowest BCUT2D eigenvalue weighted by Crippen LogP contribution is -2.20. The Balaban J connectivity index is 1.44. The molecule has 0 aliphatic carbocycles. The normalized spacial score (nSPS) is 11.9. The van der Waals surface area contributed by atoms with Gasteiger partial charge in [0, 0.05) is 11.4 Å². The van der Waals surface area contributed by atoms with Crippen molar-refractivity contribution in [3.05, 3.63) is 73.0 Å². The molecule has 2 aromatic heterocycles. The molecular formula is C22H21N3O4S.